The van der Waals surface area contributed by atoms with Crippen LogP contribution < -0.4 is 0 Å². The summed E-state index contributed by atoms with van der Waals surface area (Å²) in [6, 6.07) is 0. The Morgan fingerprint density at radius 3 is 1.80 bits per heavy atom. The van der Waals surface area contributed by atoms with Gasteiger partial charge >= 0.3 is 26.2 Å². The molecular formula is C9H13Zr+. The summed E-state index contributed by atoms with van der Waals surface area (Å²) in [7, 11) is 0. The molecule has 0 saturated heterocycles. The van der Waals surface area contributed by atoms with E-state index in [1.807, 2.05) is 0 Å². The summed E-state index contributed by atoms with van der Waals surface area (Å²) >= 11 is 0. The van der Waals surface area contributed by atoms with E-state index in [4.69, 9.17) is 0 Å². The van der Waals surface area contributed by atoms with Gasteiger partial charge in [0.05, 0.1) is 0 Å². The summed E-state index contributed by atoms with van der Waals surface area (Å²) in [5.41, 5.74) is 4.25. The minimum absolute atomic E-state index is 0. The van der Waals surface area contributed by atoms with Crippen molar-refractivity contribution in [3.8, 4) is 0 Å². The molecule has 0 nitrogen and oxygen atoms in total. The van der Waals surface area contributed by atoms with Crippen LogP contribution in [0.3, 0.4) is 0 Å². The van der Waals surface area contributed by atoms with Crippen LogP contribution in [0.2, 0.25) is 0 Å². The summed E-state index contributed by atoms with van der Waals surface area (Å²) < 4.78 is 0. The third-order valence-electron chi connectivity index (χ3n) is 2.24. The fourth-order valence-corrected chi connectivity index (χ4v) is 1.16. The van der Waals surface area contributed by atoms with Gasteiger partial charge in [-0.15, -0.1) is 6.92 Å². The van der Waals surface area contributed by atoms with Crippen molar-refractivity contribution in [2.24, 2.45) is 5.92 Å². The SMILES string of the molecule is CC1=[C-]C(C)C(C)=C1C.[Zr+2]. The van der Waals surface area contributed by atoms with E-state index in [-0.39, 0.29) is 26.2 Å². The standard InChI is InChI=1S/C9H13.Zr/c1-6-5-7(2)9(4)8(6)3;/h6H,1-4H3;/q-1;+2. The maximum atomic E-state index is 3.36. The molecule has 0 aromatic carbocycles. The molecule has 1 rings (SSSR count). The molecule has 1 heteroatoms. The van der Waals surface area contributed by atoms with Gasteiger partial charge in [0.1, 0.15) is 0 Å². The molecule has 0 heterocycles. The molecule has 0 bridgehead atoms. The Bertz CT molecular complexity index is 187. The molecule has 0 N–H and O–H groups in total. The predicted octanol–water partition coefficient (Wildman–Crippen LogP) is 2.72. The van der Waals surface area contributed by atoms with Crippen molar-refractivity contribution < 1.29 is 26.2 Å². The van der Waals surface area contributed by atoms with Crippen LogP contribution in [-0.2, 0) is 26.2 Å². The van der Waals surface area contributed by atoms with E-state index in [2.05, 4.69) is 33.8 Å². The third-order valence-corrected chi connectivity index (χ3v) is 2.24. The molecule has 1 unspecified atom stereocenters. The zero-order valence-corrected chi connectivity index (χ0v) is 9.54. The maximum Gasteiger partial charge on any atom is 2.00 e. The minimum atomic E-state index is 0. The Hall–Kier alpha value is 0.363. The largest absolute Gasteiger partial charge is 2.00 e. The van der Waals surface area contributed by atoms with Gasteiger partial charge in [-0.25, -0.2) is 5.57 Å². The summed E-state index contributed by atoms with van der Waals surface area (Å²) in [4.78, 5) is 0. The van der Waals surface area contributed by atoms with E-state index in [1.165, 1.54) is 16.7 Å². The smallest absolute Gasteiger partial charge is 0.266 e. The average molecular weight is 212 g/mol. The fraction of sp³-hybridized carbons (Fsp3) is 0.556. The van der Waals surface area contributed by atoms with Gasteiger partial charge in [0.2, 0.25) is 0 Å². The Morgan fingerprint density at radius 1 is 1.20 bits per heavy atom. The zero-order valence-electron chi connectivity index (χ0n) is 7.08. The number of hydrogen-bond acceptors (Lipinski definition) is 0. The second-order valence-electron chi connectivity index (χ2n) is 2.80. The van der Waals surface area contributed by atoms with Crippen LogP contribution in [0.15, 0.2) is 16.7 Å². The molecule has 10 heavy (non-hydrogen) atoms. The van der Waals surface area contributed by atoms with Crippen molar-refractivity contribution in [3.05, 3.63) is 22.8 Å². The quantitative estimate of drug-likeness (QED) is 0.542. The Labute approximate surface area is 82.5 Å². The number of hydrogen-bond donors (Lipinski definition) is 0. The van der Waals surface area contributed by atoms with Gasteiger partial charge in [-0.1, -0.05) is 26.7 Å². The van der Waals surface area contributed by atoms with Crippen LogP contribution in [0.4, 0.5) is 0 Å². The van der Waals surface area contributed by atoms with Crippen LogP contribution in [0.25, 0.3) is 0 Å². The molecule has 0 fully saturated rings. The second-order valence-corrected chi connectivity index (χ2v) is 2.80. The first kappa shape index (κ1) is 10.4. The average Bonchev–Trinajstić information content (AvgIpc) is 1.98. The van der Waals surface area contributed by atoms with E-state index in [0.717, 1.165) is 0 Å². The van der Waals surface area contributed by atoms with Crippen molar-refractivity contribution in [1.82, 2.24) is 0 Å². The molecule has 0 aliphatic heterocycles. The van der Waals surface area contributed by atoms with Crippen molar-refractivity contribution in [3.63, 3.8) is 0 Å². The van der Waals surface area contributed by atoms with Crippen LogP contribution in [0, 0.1) is 12.0 Å². The first-order chi connectivity index (χ1) is 4.13. The zero-order chi connectivity index (χ0) is 7.02. The van der Waals surface area contributed by atoms with Crippen LogP contribution in [0.1, 0.15) is 27.7 Å². The first-order valence-corrected chi connectivity index (χ1v) is 3.40. The van der Waals surface area contributed by atoms with Gasteiger partial charge in [0.25, 0.3) is 0 Å². The molecule has 0 aromatic rings. The Morgan fingerprint density at radius 2 is 1.70 bits per heavy atom. The molecule has 0 saturated carbocycles. The summed E-state index contributed by atoms with van der Waals surface area (Å²) in [6.45, 7) is 8.67. The van der Waals surface area contributed by atoms with E-state index < -0.39 is 0 Å². The van der Waals surface area contributed by atoms with E-state index in [9.17, 15) is 0 Å². The van der Waals surface area contributed by atoms with Crippen molar-refractivity contribution >= 4 is 0 Å². The van der Waals surface area contributed by atoms with Gasteiger partial charge in [-0.2, -0.15) is 11.1 Å². The molecule has 1 aliphatic carbocycles. The Balaban J connectivity index is 0.000000810. The first-order valence-electron chi connectivity index (χ1n) is 3.40. The van der Waals surface area contributed by atoms with Crippen molar-refractivity contribution in [2.45, 2.75) is 27.7 Å². The monoisotopic (exact) mass is 211 g/mol. The molecule has 1 aliphatic rings. The van der Waals surface area contributed by atoms with E-state index in [1.54, 1.807) is 0 Å². The van der Waals surface area contributed by atoms with E-state index >= 15 is 0 Å². The molecule has 0 aromatic heterocycles. The summed E-state index contributed by atoms with van der Waals surface area (Å²) in [5, 5.41) is 0. The molecule has 0 amide bonds. The molecule has 52 valence electrons. The van der Waals surface area contributed by atoms with Gasteiger partial charge in [0, 0.05) is 0 Å². The fourth-order valence-electron chi connectivity index (χ4n) is 1.16. The molecule has 0 spiro atoms. The second kappa shape index (κ2) is 3.67. The van der Waals surface area contributed by atoms with Gasteiger partial charge in [-0.05, 0) is 0 Å². The van der Waals surface area contributed by atoms with Crippen molar-refractivity contribution in [1.29, 1.82) is 0 Å². The van der Waals surface area contributed by atoms with Crippen LogP contribution >= 0.6 is 0 Å². The van der Waals surface area contributed by atoms with Gasteiger partial charge in [0.15, 0.2) is 0 Å². The topological polar surface area (TPSA) is 0 Å². The van der Waals surface area contributed by atoms with Crippen LogP contribution in [-0.4, -0.2) is 0 Å². The molecule has 1 atom stereocenters. The van der Waals surface area contributed by atoms with Gasteiger partial charge in [-0.3, -0.25) is 6.08 Å². The maximum absolute atomic E-state index is 3.36. The summed E-state index contributed by atoms with van der Waals surface area (Å²) in [6.07, 6.45) is 3.36. The summed E-state index contributed by atoms with van der Waals surface area (Å²) in [5.74, 6) is 0.560. The third kappa shape index (κ3) is 1.69. The van der Waals surface area contributed by atoms with E-state index in [0.29, 0.717) is 5.92 Å². The predicted molar refractivity (Wildman–Crippen MR) is 40.0 cm³/mol. The van der Waals surface area contributed by atoms with Crippen molar-refractivity contribution in [2.75, 3.05) is 0 Å². The number of allylic oxidation sites excluding steroid dienone is 4. The normalized spacial score (nSPS) is 24.4. The van der Waals surface area contributed by atoms with Gasteiger partial charge < -0.3 is 0 Å². The van der Waals surface area contributed by atoms with Crippen LogP contribution in [0.5, 0.6) is 0 Å². The molecular weight excluding hydrogens is 199 g/mol. The Kier molecular flexibility index (Phi) is 3.80. The minimum Gasteiger partial charge on any atom is -0.266 e. The molecule has 0 radical (unpaired) electrons. The number of rotatable bonds is 0.